The lowest BCUT2D eigenvalue weighted by molar-refractivity contribution is -0.264. The Kier molecular flexibility index (Phi) is 27.5. The average Bonchev–Trinajstić information content (AvgIpc) is 3.41. The molecule has 4 N–H and O–H groups in total. The molecule has 3 fully saturated rings. The largest absolute Gasteiger partial charge is 0.460 e. The van der Waals surface area contributed by atoms with Crippen molar-refractivity contribution >= 4 is 43.6 Å². The summed E-state index contributed by atoms with van der Waals surface area (Å²) in [5.74, 6) is -8.33. The van der Waals surface area contributed by atoms with E-state index in [1.807, 2.05) is 39.8 Å². The zero-order valence-corrected chi connectivity index (χ0v) is 51.0. The first-order valence-corrected chi connectivity index (χ1v) is 31.5. The van der Waals surface area contributed by atoms with Gasteiger partial charge in [0.2, 0.25) is 5.79 Å². The molecule has 0 bridgehead atoms. The molecule has 78 heavy (non-hydrogen) atoms. The maximum absolute atomic E-state index is 14.6. The Labute approximate surface area is 467 Å². The van der Waals surface area contributed by atoms with E-state index < -0.39 is 98.2 Å². The predicted octanol–water partition coefficient (Wildman–Crippen LogP) is 8.92. The Morgan fingerprint density at radius 2 is 1.63 bits per heavy atom. The SMILES string of the molecule is C=C/C=C(\C)C(C[C@@H]1CC[C@@H](C)[C@](O)(C(=O)C(=O)N2CCCC[C@H]2C(=O)O[C@@H](CC(=O)[C@H](C)/C=C(\C)[C@@H](O)[C@@H](OC)C(=O)[C@H](C)C[C@H](C)/C=C/C)[C@H](C)C[C@@H]2CC[C@@H](O)[C@H](OC)C2)O1)NC(=O)OCCO[Si](C)(C)C(C)(C)C. The van der Waals surface area contributed by atoms with Crippen molar-refractivity contribution in [2.75, 3.05) is 34.0 Å². The minimum atomic E-state index is -2.56. The molecular formula is C60H100N2O15Si. The first-order valence-electron chi connectivity index (χ1n) is 28.6. The fourth-order valence-corrected chi connectivity index (χ4v) is 11.9. The molecule has 0 aromatic carbocycles. The smallest absolute Gasteiger partial charge is 0.407 e. The lowest BCUT2D eigenvalue weighted by Crippen LogP contribution is -2.61. The second kappa shape index (κ2) is 31.4. The number of rotatable bonds is 29. The third-order valence-corrected chi connectivity index (χ3v) is 21.6. The Bertz CT molecular complexity index is 2100. The molecule has 0 aromatic heterocycles. The summed E-state index contributed by atoms with van der Waals surface area (Å²) in [4.78, 5) is 85.5. The van der Waals surface area contributed by atoms with E-state index >= 15 is 0 Å². The highest BCUT2D eigenvalue weighted by Crippen LogP contribution is 2.39. The summed E-state index contributed by atoms with van der Waals surface area (Å²) < 4.78 is 35.3. The summed E-state index contributed by atoms with van der Waals surface area (Å²) in [7, 11) is 0.861. The normalized spacial score (nSPS) is 26.9. The molecule has 1 aliphatic carbocycles. The van der Waals surface area contributed by atoms with Crippen molar-refractivity contribution in [3.63, 3.8) is 0 Å². The predicted molar refractivity (Wildman–Crippen MR) is 302 cm³/mol. The van der Waals surface area contributed by atoms with Crippen LogP contribution in [0.25, 0.3) is 0 Å². The Morgan fingerprint density at radius 3 is 2.24 bits per heavy atom. The first kappa shape index (κ1) is 68.4. The number of ketones is 3. The standard InChI is InChI=1S/C60H100N2O15Si/c1-17-21-37(3)31-41(7)52(65)54(73-14)53(66)42(8)32-39(5)49(64)36-50(40(6)33-44-25-27-48(63)51(34-44)72-13)76-57(69)47-23-19-20-28-62(47)56(68)55(67)60(71)43(9)24-26-45(77-60)35-46(38(4)22-18-2)61-58(70)74-29-30-75-78(15,16)59(10,11)12/h17-18,21-22,32,37,39-41,43-48,50-51,53-54,63,66,71H,2,19-20,23-31,33-36H2,1,3-16H3,(H,61,70)/b21-17+,38-22+,42-32+/t37-,39-,40-,41-,43-,44+,45+,46?,47+,48-,50+,51-,53-,54+,60-/m1/s1. The highest BCUT2D eigenvalue weighted by atomic mass is 28.4. The number of methoxy groups -OCH3 is 2. The van der Waals surface area contributed by atoms with Gasteiger partial charge in [0.15, 0.2) is 14.1 Å². The number of esters is 1. The number of alkyl carbamates (subject to hydrolysis) is 1. The maximum atomic E-state index is 14.6. The molecule has 2 aliphatic heterocycles. The second-order valence-electron chi connectivity index (χ2n) is 24.3. The van der Waals surface area contributed by atoms with Crippen LogP contribution in [0, 0.1) is 35.5 Å². The van der Waals surface area contributed by atoms with E-state index in [4.69, 9.17) is 28.1 Å². The molecule has 0 spiro atoms. The summed E-state index contributed by atoms with van der Waals surface area (Å²) in [6.45, 7) is 29.1. The molecule has 3 aliphatic rings. The molecule has 0 aromatic rings. The molecule has 1 saturated carbocycles. The number of piperidine rings is 1. The van der Waals surface area contributed by atoms with Gasteiger partial charge < -0.3 is 53.6 Å². The number of carbonyl (C=O) groups excluding carboxylic acids is 6. The second-order valence-corrected chi connectivity index (χ2v) is 29.1. The maximum Gasteiger partial charge on any atom is 0.407 e. The topological polar surface area (TPSA) is 234 Å². The highest BCUT2D eigenvalue weighted by Gasteiger charge is 2.53. The van der Waals surface area contributed by atoms with Gasteiger partial charge in [-0.1, -0.05) is 97.9 Å². The zero-order valence-electron chi connectivity index (χ0n) is 50.0. The number of likely N-dealkylation sites (tertiary alicyclic amines) is 1. The van der Waals surface area contributed by atoms with E-state index in [1.54, 1.807) is 53.0 Å². The Morgan fingerprint density at radius 1 is 0.949 bits per heavy atom. The van der Waals surface area contributed by atoms with Crippen LogP contribution < -0.4 is 5.32 Å². The molecule has 2 heterocycles. The Balaban J connectivity index is 1.84. The van der Waals surface area contributed by atoms with Crippen molar-refractivity contribution in [2.45, 2.75) is 226 Å². The third kappa shape index (κ3) is 19.4. The number of nitrogens with zero attached hydrogens (tertiary/aromatic N) is 1. The van der Waals surface area contributed by atoms with Crippen molar-refractivity contribution in [2.24, 2.45) is 35.5 Å². The van der Waals surface area contributed by atoms with Crippen LogP contribution >= 0.6 is 0 Å². The van der Waals surface area contributed by atoms with Crippen LogP contribution in [-0.4, -0.2) is 152 Å². The number of aliphatic hydroxyl groups excluding tert-OH is 2. The van der Waals surface area contributed by atoms with E-state index in [9.17, 15) is 44.1 Å². The molecule has 1 unspecified atom stereocenters. The fourth-order valence-electron chi connectivity index (χ4n) is 10.9. The van der Waals surface area contributed by atoms with Gasteiger partial charge in [0.1, 0.15) is 36.7 Å². The van der Waals surface area contributed by atoms with E-state index in [1.165, 1.54) is 7.11 Å². The lowest BCUT2D eigenvalue weighted by atomic mass is 9.78. The summed E-state index contributed by atoms with van der Waals surface area (Å²) in [6.07, 6.45) is 7.69. The first-order chi connectivity index (χ1) is 36.5. The van der Waals surface area contributed by atoms with Crippen LogP contribution in [0.4, 0.5) is 4.79 Å². The van der Waals surface area contributed by atoms with E-state index in [0.717, 1.165) is 4.90 Å². The van der Waals surface area contributed by atoms with Crippen molar-refractivity contribution in [3.8, 4) is 0 Å². The van der Waals surface area contributed by atoms with Crippen LogP contribution in [0.2, 0.25) is 18.1 Å². The van der Waals surface area contributed by atoms with Crippen molar-refractivity contribution in [1.29, 1.82) is 0 Å². The van der Waals surface area contributed by atoms with Crippen molar-refractivity contribution in [3.05, 3.63) is 48.1 Å². The summed E-state index contributed by atoms with van der Waals surface area (Å²) in [5, 5.41) is 36.9. The lowest BCUT2D eigenvalue weighted by Gasteiger charge is -2.43. The van der Waals surface area contributed by atoms with Gasteiger partial charge in [-0.05, 0) is 133 Å². The Hall–Kier alpha value is -3.88. The molecule has 18 heteroatoms. The molecule has 2 amide bonds. The third-order valence-electron chi connectivity index (χ3n) is 17.0. The number of hydrogen-bond acceptors (Lipinski definition) is 15. The van der Waals surface area contributed by atoms with E-state index in [2.05, 4.69) is 45.8 Å². The number of allylic oxidation sites excluding steroid dienone is 5. The molecule has 3 rings (SSSR count). The van der Waals surface area contributed by atoms with E-state index in [0.29, 0.717) is 68.9 Å². The number of amides is 2. The number of Topliss-reactive ketones (excluding diaryl/α,β-unsaturated/α-hetero) is 3. The monoisotopic (exact) mass is 1120 g/mol. The van der Waals surface area contributed by atoms with Gasteiger partial charge in [-0.2, -0.15) is 0 Å². The number of ether oxygens (including phenoxy) is 5. The van der Waals surface area contributed by atoms with Crippen LogP contribution in [0.3, 0.4) is 0 Å². The van der Waals surface area contributed by atoms with Crippen LogP contribution in [0.5, 0.6) is 0 Å². The zero-order chi connectivity index (χ0) is 58.9. The molecule has 0 radical (unpaired) electrons. The number of aliphatic hydroxyl groups is 3. The minimum absolute atomic E-state index is 0.0151. The van der Waals surface area contributed by atoms with Gasteiger partial charge in [0.05, 0.1) is 31.0 Å². The summed E-state index contributed by atoms with van der Waals surface area (Å²) in [6, 6.07) is -1.86. The number of hydrogen-bond donors (Lipinski definition) is 4. The van der Waals surface area contributed by atoms with Crippen LogP contribution in [0.15, 0.2) is 48.1 Å². The quantitative estimate of drug-likeness (QED) is 0.0137. The van der Waals surface area contributed by atoms with Crippen molar-refractivity contribution in [1.82, 2.24) is 10.2 Å². The molecule has 17 nitrogen and oxygen atoms in total. The highest BCUT2D eigenvalue weighted by molar-refractivity contribution is 6.74. The molecule has 444 valence electrons. The average molecular weight is 1120 g/mol. The van der Waals surface area contributed by atoms with Crippen LogP contribution in [-0.2, 0) is 52.1 Å². The van der Waals surface area contributed by atoms with Crippen molar-refractivity contribution < 1.29 is 72.2 Å². The molecule has 15 atom stereocenters. The van der Waals surface area contributed by atoms with Gasteiger partial charge in [0, 0.05) is 44.9 Å². The van der Waals surface area contributed by atoms with Gasteiger partial charge in [-0.25, -0.2) is 9.59 Å². The van der Waals surface area contributed by atoms with Gasteiger partial charge in [-0.3, -0.25) is 19.2 Å². The number of carbonyl (C=O) groups is 6. The fraction of sp³-hybridized carbons (Fsp3) is 0.767. The minimum Gasteiger partial charge on any atom is -0.460 e. The van der Waals surface area contributed by atoms with E-state index in [-0.39, 0.29) is 79.5 Å². The van der Waals surface area contributed by atoms with Gasteiger partial charge >= 0.3 is 12.1 Å². The molecule has 2 saturated heterocycles. The summed E-state index contributed by atoms with van der Waals surface area (Å²) >= 11 is 0. The number of nitrogens with one attached hydrogen (secondary N) is 1. The summed E-state index contributed by atoms with van der Waals surface area (Å²) in [5.41, 5.74) is 1.09. The van der Waals surface area contributed by atoms with Crippen LogP contribution in [0.1, 0.15) is 153 Å². The molecular weight excluding hydrogens is 1020 g/mol. The van der Waals surface area contributed by atoms with Gasteiger partial charge in [0.25, 0.3) is 11.7 Å². The van der Waals surface area contributed by atoms with Gasteiger partial charge in [-0.15, -0.1) is 0 Å².